The average molecular weight is 186 g/mol. The van der Waals surface area contributed by atoms with Crippen LogP contribution in [-0.4, -0.2) is 18.9 Å². The van der Waals surface area contributed by atoms with Crippen LogP contribution in [0.5, 0.6) is 0 Å². The number of rotatable bonds is 2. The molecule has 12 heavy (non-hydrogen) atoms. The van der Waals surface area contributed by atoms with Gasteiger partial charge in [0.2, 0.25) is 0 Å². The van der Waals surface area contributed by atoms with E-state index in [2.05, 4.69) is 36.5 Å². The minimum atomic E-state index is 0. The number of hydrogen-bond acceptors (Lipinski definition) is 0. The van der Waals surface area contributed by atoms with E-state index in [1.807, 2.05) is 0 Å². The molecule has 0 radical (unpaired) electrons. The molecule has 0 spiro atoms. The Balaban J connectivity index is 0.000000720. The second-order valence-corrected chi connectivity index (χ2v) is 5.17. The van der Waals surface area contributed by atoms with Crippen molar-refractivity contribution in [2.24, 2.45) is 0 Å². The van der Waals surface area contributed by atoms with Gasteiger partial charge < -0.3 is 0 Å². The second-order valence-electron chi connectivity index (χ2n) is 2.77. The summed E-state index contributed by atoms with van der Waals surface area (Å²) in [6, 6.07) is 0. The number of hydrogen-bond donors (Lipinski definition) is 0. The van der Waals surface area contributed by atoms with E-state index < -0.39 is 0 Å². The first-order chi connectivity index (χ1) is 5.45. The Morgan fingerprint density at radius 2 is 1.42 bits per heavy atom. The van der Waals surface area contributed by atoms with Crippen LogP contribution in [0.2, 0.25) is 0 Å². The molecule has 2 rings (SSSR count). The molecule has 0 unspecified atom stereocenters. The van der Waals surface area contributed by atoms with Crippen molar-refractivity contribution in [3.63, 3.8) is 0 Å². The topological polar surface area (TPSA) is 0 Å². The maximum atomic E-state index is 2.29. The van der Waals surface area contributed by atoms with Crippen LogP contribution >= 0.6 is 0 Å². The Hall–Kier alpha value is 0.272. The summed E-state index contributed by atoms with van der Waals surface area (Å²) in [6.45, 7) is 0. The van der Waals surface area contributed by atoms with Gasteiger partial charge in [0, 0.05) is 0 Å². The fraction of sp³-hybridized carbons (Fsp3) is 0.200. The molecule has 0 aliphatic heterocycles. The van der Waals surface area contributed by atoms with Crippen molar-refractivity contribution in [3.8, 4) is 0 Å². The van der Waals surface area contributed by atoms with Gasteiger partial charge in [-0.3, -0.25) is 0 Å². The molecule has 0 saturated heterocycles. The van der Waals surface area contributed by atoms with Crippen LogP contribution in [0.25, 0.3) is 0 Å². The van der Waals surface area contributed by atoms with Crippen molar-refractivity contribution in [2.45, 2.75) is 12.8 Å². The summed E-state index contributed by atoms with van der Waals surface area (Å²) in [7, 11) is 0. The summed E-state index contributed by atoms with van der Waals surface area (Å²) in [5.41, 5.74) is 0. The van der Waals surface area contributed by atoms with Gasteiger partial charge in [-0.2, -0.15) is 0 Å². The summed E-state index contributed by atoms with van der Waals surface area (Å²) < 4.78 is 3.36. The van der Waals surface area contributed by atoms with E-state index in [1.54, 1.807) is 7.76 Å². The van der Waals surface area contributed by atoms with Crippen LogP contribution < -0.4 is 0 Å². The quantitative estimate of drug-likeness (QED) is 0.579. The summed E-state index contributed by atoms with van der Waals surface area (Å²) in [4.78, 5) is 0. The first kappa shape index (κ1) is 10.4. The predicted molar refractivity (Wildman–Crippen MR) is 50.8 cm³/mol. The van der Waals surface area contributed by atoms with Crippen LogP contribution in [0.4, 0.5) is 0 Å². The van der Waals surface area contributed by atoms with E-state index in [0.29, 0.717) is 0 Å². The second kappa shape index (κ2) is 5.10. The SMILES string of the molecule is C1=CC[C]([Ti][C]2=CC=CC2)=C1.[LiH]. The van der Waals surface area contributed by atoms with Crippen LogP contribution in [0, 0.1) is 0 Å². The van der Waals surface area contributed by atoms with Gasteiger partial charge in [-0.05, 0) is 0 Å². The molecule has 0 aromatic heterocycles. The zero-order valence-electron chi connectivity index (χ0n) is 6.38. The Morgan fingerprint density at radius 1 is 0.917 bits per heavy atom. The Labute approximate surface area is 94.6 Å². The fourth-order valence-corrected chi connectivity index (χ4v) is 3.18. The molecule has 2 aliphatic carbocycles. The zero-order chi connectivity index (χ0) is 7.52. The molecule has 0 N–H and O–H groups in total. The van der Waals surface area contributed by atoms with Crippen molar-refractivity contribution in [2.75, 3.05) is 0 Å². The van der Waals surface area contributed by atoms with Gasteiger partial charge in [0.05, 0.1) is 0 Å². The Morgan fingerprint density at radius 3 is 1.75 bits per heavy atom. The molecule has 0 aromatic rings. The van der Waals surface area contributed by atoms with Gasteiger partial charge in [-0.15, -0.1) is 0 Å². The van der Waals surface area contributed by atoms with E-state index >= 15 is 0 Å². The van der Waals surface area contributed by atoms with Gasteiger partial charge in [0.25, 0.3) is 0 Å². The third kappa shape index (κ3) is 2.64. The predicted octanol–water partition coefficient (Wildman–Crippen LogP) is 2.11. The van der Waals surface area contributed by atoms with Crippen molar-refractivity contribution in [1.82, 2.24) is 0 Å². The maximum absolute atomic E-state index is 2.29. The molecular weight excluding hydrogens is 175 g/mol. The minimum absolute atomic E-state index is 0. The van der Waals surface area contributed by atoms with Crippen LogP contribution in [0.15, 0.2) is 44.2 Å². The summed E-state index contributed by atoms with van der Waals surface area (Å²) in [6.07, 6.45) is 15.9. The van der Waals surface area contributed by atoms with Crippen LogP contribution in [0.3, 0.4) is 0 Å². The Bertz CT molecular complexity index is 244. The zero-order valence-corrected chi connectivity index (χ0v) is 7.94. The summed E-state index contributed by atoms with van der Waals surface area (Å²) in [5, 5.41) is 0. The fourth-order valence-electron chi connectivity index (χ4n) is 1.29. The molecule has 2 aliphatic rings. The molecule has 0 saturated carbocycles. The molecular formula is C10H11LiTi. The van der Waals surface area contributed by atoms with Gasteiger partial charge in [-0.1, -0.05) is 0 Å². The molecule has 2 heteroatoms. The third-order valence-electron chi connectivity index (χ3n) is 1.86. The van der Waals surface area contributed by atoms with E-state index in [1.165, 1.54) is 12.8 Å². The van der Waals surface area contributed by atoms with Gasteiger partial charge in [0.1, 0.15) is 0 Å². The normalized spacial score (nSPS) is 18.7. The molecule has 0 aromatic carbocycles. The first-order valence-corrected chi connectivity index (χ1v) is 5.50. The standard InChI is InChI=1S/2C5H5.Li.Ti.H/c2*1-2-4-5-3-1;;;/h2*1-3H,4H2;;;. The number of allylic oxidation sites excluding steroid dienone is 8. The molecule has 0 amide bonds. The van der Waals surface area contributed by atoms with E-state index in [9.17, 15) is 0 Å². The van der Waals surface area contributed by atoms with Gasteiger partial charge in [-0.25, -0.2) is 0 Å². The summed E-state index contributed by atoms with van der Waals surface area (Å²) in [5.74, 6) is 0. The van der Waals surface area contributed by atoms with Crippen molar-refractivity contribution >= 4 is 18.9 Å². The Kier molecular flexibility index (Phi) is 4.40. The van der Waals surface area contributed by atoms with Crippen molar-refractivity contribution in [3.05, 3.63) is 44.2 Å². The monoisotopic (exact) mass is 186 g/mol. The average Bonchev–Trinajstić information content (AvgIpc) is 2.60. The third-order valence-corrected chi connectivity index (χ3v) is 4.02. The van der Waals surface area contributed by atoms with Crippen LogP contribution in [-0.2, 0) is 19.2 Å². The van der Waals surface area contributed by atoms with E-state index in [-0.39, 0.29) is 38.0 Å². The summed E-state index contributed by atoms with van der Waals surface area (Å²) >= 11 is 0.0833. The molecule has 0 nitrogen and oxygen atoms in total. The molecule has 0 atom stereocenters. The van der Waals surface area contributed by atoms with E-state index in [4.69, 9.17) is 0 Å². The van der Waals surface area contributed by atoms with Crippen molar-refractivity contribution in [1.29, 1.82) is 0 Å². The van der Waals surface area contributed by atoms with Crippen LogP contribution in [0.1, 0.15) is 12.8 Å². The molecule has 0 fully saturated rings. The molecule has 56 valence electrons. The molecule has 0 heterocycles. The van der Waals surface area contributed by atoms with Gasteiger partial charge >= 0.3 is 95.1 Å². The van der Waals surface area contributed by atoms with Gasteiger partial charge in [0.15, 0.2) is 0 Å². The molecule has 0 bridgehead atoms. The first-order valence-electron chi connectivity index (χ1n) is 3.93. The van der Waals surface area contributed by atoms with E-state index in [0.717, 1.165) is 0 Å². The van der Waals surface area contributed by atoms with Crippen molar-refractivity contribution < 1.29 is 19.2 Å².